The van der Waals surface area contributed by atoms with Gasteiger partial charge in [-0.1, -0.05) is 12.1 Å². The van der Waals surface area contributed by atoms with Gasteiger partial charge in [0, 0.05) is 17.3 Å². The van der Waals surface area contributed by atoms with Crippen molar-refractivity contribution in [3.8, 4) is 0 Å². The molecule has 0 saturated carbocycles. The van der Waals surface area contributed by atoms with Crippen molar-refractivity contribution in [2.75, 3.05) is 5.73 Å². The van der Waals surface area contributed by atoms with Crippen LogP contribution in [0.5, 0.6) is 0 Å². The standard InChI is InChI=1S/C13H11FN2O3S/c14-10-5-6-12(16(17)18)9(7-10)8-20(19)13-4-2-1-3-11(13)15/h1-7H,8,15H2. The average Bonchev–Trinajstić information content (AvgIpc) is 2.38. The summed E-state index contributed by atoms with van der Waals surface area (Å²) in [5.41, 5.74) is 5.86. The maximum atomic E-state index is 13.2. The van der Waals surface area contributed by atoms with Gasteiger partial charge < -0.3 is 5.73 Å². The summed E-state index contributed by atoms with van der Waals surface area (Å²) >= 11 is 0. The molecule has 2 N–H and O–H groups in total. The molecule has 0 aliphatic heterocycles. The predicted molar refractivity (Wildman–Crippen MR) is 74.0 cm³/mol. The maximum absolute atomic E-state index is 13.2. The molecular weight excluding hydrogens is 283 g/mol. The lowest BCUT2D eigenvalue weighted by Gasteiger charge is -2.06. The van der Waals surface area contributed by atoms with Crippen LogP contribution in [-0.2, 0) is 16.6 Å². The molecule has 0 aliphatic rings. The molecule has 0 radical (unpaired) electrons. The fourth-order valence-electron chi connectivity index (χ4n) is 1.75. The largest absolute Gasteiger partial charge is 0.398 e. The first-order valence-electron chi connectivity index (χ1n) is 5.64. The molecule has 0 bridgehead atoms. The zero-order chi connectivity index (χ0) is 14.7. The third kappa shape index (κ3) is 3.00. The Bertz CT molecular complexity index is 691. The van der Waals surface area contributed by atoms with E-state index in [0.29, 0.717) is 10.6 Å². The number of nitrogens with two attached hydrogens (primary N) is 1. The molecule has 0 aromatic heterocycles. The molecule has 5 nitrogen and oxygen atoms in total. The number of halogens is 1. The summed E-state index contributed by atoms with van der Waals surface area (Å²) in [5, 5.41) is 10.9. The Morgan fingerprint density at radius 3 is 2.60 bits per heavy atom. The molecule has 7 heteroatoms. The van der Waals surface area contributed by atoms with E-state index in [1.165, 1.54) is 0 Å². The molecule has 0 spiro atoms. The Morgan fingerprint density at radius 2 is 1.95 bits per heavy atom. The van der Waals surface area contributed by atoms with Crippen LogP contribution in [0.15, 0.2) is 47.4 Å². The highest BCUT2D eigenvalue weighted by molar-refractivity contribution is 7.84. The molecule has 1 atom stereocenters. The van der Waals surface area contributed by atoms with Crippen LogP contribution >= 0.6 is 0 Å². The zero-order valence-electron chi connectivity index (χ0n) is 10.3. The van der Waals surface area contributed by atoms with Gasteiger partial charge in [-0.3, -0.25) is 14.3 Å². The van der Waals surface area contributed by atoms with Crippen molar-refractivity contribution in [2.24, 2.45) is 0 Å². The van der Waals surface area contributed by atoms with Gasteiger partial charge in [0.2, 0.25) is 0 Å². The maximum Gasteiger partial charge on any atom is 0.273 e. The van der Waals surface area contributed by atoms with Crippen molar-refractivity contribution >= 4 is 22.2 Å². The third-order valence-corrected chi connectivity index (χ3v) is 4.12. The molecule has 104 valence electrons. The lowest BCUT2D eigenvalue weighted by Crippen LogP contribution is -2.03. The minimum atomic E-state index is -1.58. The lowest BCUT2D eigenvalue weighted by molar-refractivity contribution is -0.385. The molecular formula is C13H11FN2O3S. The van der Waals surface area contributed by atoms with Crippen LogP contribution in [0.4, 0.5) is 15.8 Å². The normalized spacial score (nSPS) is 12.1. The summed E-state index contributed by atoms with van der Waals surface area (Å²) in [4.78, 5) is 10.6. The van der Waals surface area contributed by atoms with E-state index >= 15 is 0 Å². The SMILES string of the molecule is Nc1ccccc1S(=O)Cc1cc(F)ccc1[N+](=O)[O-]. The van der Waals surface area contributed by atoms with Gasteiger partial charge in [-0.05, 0) is 24.3 Å². The van der Waals surface area contributed by atoms with Gasteiger partial charge in [0.25, 0.3) is 5.69 Å². The Hall–Kier alpha value is -2.28. The Kier molecular flexibility index (Phi) is 4.09. The van der Waals surface area contributed by atoms with E-state index in [2.05, 4.69) is 0 Å². The Labute approximate surface area is 116 Å². The molecule has 0 aliphatic carbocycles. The second-order valence-electron chi connectivity index (χ2n) is 4.06. The van der Waals surface area contributed by atoms with E-state index in [0.717, 1.165) is 18.2 Å². The molecule has 2 rings (SSSR count). The number of anilines is 1. The number of hydrogen-bond acceptors (Lipinski definition) is 4. The van der Waals surface area contributed by atoms with Crippen LogP contribution < -0.4 is 5.73 Å². The first kappa shape index (κ1) is 14.1. The van der Waals surface area contributed by atoms with Gasteiger partial charge >= 0.3 is 0 Å². The molecule has 0 heterocycles. The molecule has 0 amide bonds. The van der Waals surface area contributed by atoms with E-state index in [4.69, 9.17) is 5.73 Å². The van der Waals surface area contributed by atoms with Gasteiger partial charge in [-0.25, -0.2) is 4.39 Å². The number of hydrogen-bond donors (Lipinski definition) is 1. The number of nitrogens with zero attached hydrogens (tertiary/aromatic N) is 1. The fourth-order valence-corrected chi connectivity index (χ4v) is 2.99. The van der Waals surface area contributed by atoms with Crippen LogP contribution in [0.25, 0.3) is 0 Å². The minimum Gasteiger partial charge on any atom is -0.398 e. The number of rotatable bonds is 4. The zero-order valence-corrected chi connectivity index (χ0v) is 11.1. The Morgan fingerprint density at radius 1 is 1.25 bits per heavy atom. The molecule has 20 heavy (non-hydrogen) atoms. The lowest BCUT2D eigenvalue weighted by atomic mass is 10.2. The summed E-state index contributed by atoms with van der Waals surface area (Å²) in [5.74, 6) is -0.772. The summed E-state index contributed by atoms with van der Waals surface area (Å²) in [7, 11) is -1.58. The minimum absolute atomic E-state index is 0.0802. The fraction of sp³-hybridized carbons (Fsp3) is 0.0769. The van der Waals surface area contributed by atoms with Crippen molar-refractivity contribution in [2.45, 2.75) is 10.6 Å². The molecule has 0 saturated heterocycles. The highest BCUT2D eigenvalue weighted by atomic mass is 32.2. The number of nitrogen functional groups attached to an aromatic ring is 1. The first-order valence-corrected chi connectivity index (χ1v) is 6.96. The van der Waals surface area contributed by atoms with Gasteiger partial charge in [-0.2, -0.15) is 0 Å². The summed E-state index contributed by atoms with van der Waals surface area (Å²) in [6.45, 7) is 0. The Balaban J connectivity index is 2.35. The van der Waals surface area contributed by atoms with E-state index in [-0.39, 0.29) is 17.0 Å². The van der Waals surface area contributed by atoms with Crippen molar-refractivity contribution in [1.29, 1.82) is 0 Å². The van der Waals surface area contributed by atoms with Crippen LogP contribution in [0, 0.1) is 15.9 Å². The van der Waals surface area contributed by atoms with Gasteiger partial charge in [0.05, 0.1) is 26.4 Å². The van der Waals surface area contributed by atoms with E-state index in [1.54, 1.807) is 24.3 Å². The monoisotopic (exact) mass is 294 g/mol. The molecule has 1 unspecified atom stereocenters. The summed E-state index contributed by atoms with van der Waals surface area (Å²) < 4.78 is 25.4. The van der Waals surface area contributed by atoms with Crippen molar-refractivity contribution in [1.82, 2.24) is 0 Å². The molecule has 2 aromatic carbocycles. The highest BCUT2D eigenvalue weighted by Crippen LogP contribution is 2.24. The van der Waals surface area contributed by atoms with Gasteiger partial charge in [0.1, 0.15) is 5.82 Å². The number of nitro groups is 1. The third-order valence-electron chi connectivity index (χ3n) is 2.69. The van der Waals surface area contributed by atoms with E-state index in [9.17, 15) is 18.7 Å². The number of para-hydroxylation sites is 1. The van der Waals surface area contributed by atoms with E-state index in [1.807, 2.05) is 0 Å². The van der Waals surface area contributed by atoms with Crippen LogP contribution in [0.1, 0.15) is 5.56 Å². The van der Waals surface area contributed by atoms with Crippen LogP contribution in [0.3, 0.4) is 0 Å². The average molecular weight is 294 g/mol. The van der Waals surface area contributed by atoms with Crippen molar-refractivity contribution < 1.29 is 13.5 Å². The first-order chi connectivity index (χ1) is 9.49. The van der Waals surface area contributed by atoms with Crippen LogP contribution in [-0.4, -0.2) is 9.13 Å². The number of nitro benzene ring substituents is 1. The topological polar surface area (TPSA) is 86.2 Å². The summed E-state index contributed by atoms with van der Waals surface area (Å²) in [6, 6.07) is 9.63. The van der Waals surface area contributed by atoms with Crippen molar-refractivity contribution in [3.05, 3.63) is 64.0 Å². The van der Waals surface area contributed by atoms with Gasteiger partial charge in [-0.15, -0.1) is 0 Å². The quantitative estimate of drug-likeness (QED) is 0.533. The predicted octanol–water partition coefficient (Wildman–Crippen LogP) is 2.62. The number of benzene rings is 2. The smallest absolute Gasteiger partial charge is 0.273 e. The van der Waals surface area contributed by atoms with Crippen LogP contribution in [0.2, 0.25) is 0 Å². The molecule has 2 aromatic rings. The second kappa shape index (κ2) is 5.79. The van der Waals surface area contributed by atoms with E-state index < -0.39 is 21.5 Å². The van der Waals surface area contributed by atoms with Gasteiger partial charge in [0.15, 0.2) is 0 Å². The summed E-state index contributed by atoms with van der Waals surface area (Å²) in [6.07, 6.45) is 0. The van der Waals surface area contributed by atoms with Crippen molar-refractivity contribution in [3.63, 3.8) is 0 Å². The second-order valence-corrected chi connectivity index (χ2v) is 5.48. The highest BCUT2D eigenvalue weighted by Gasteiger charge is 2.18. The molecule has 0 fully saturated rings.